The zero-order valence-electron chi connectivity index (χ0n) is 9.55. The van der Waals surface area contributed by atoms with Gasteiger partial charge in [-0.05, 0) is 32.0 Å². The van der Waals surface area contributed by atoms with E-state index in [9.17, 15) is 9.18 Å². The van der Waals surface area contributed by atoms with Crippen LogP contribution in [-0.4, -0.2) is 12.5 Å². The van der Waals surface area contributed by atoms with E-state index >= 15 is 0 Å². The summed E-state index contributed by atoms with van der Waals surface area (Å²) in [6.07, 6.45) is 0. The van der Waals surface area contributed by atoms with Crippen LogP contribution in [0.15, 0.2) is 18.2 Å². The van der Waals surface area contributed by atoms with Gasteiger partial charge < -0.3 is 5.32 Å². The Morgan fingerprint density at radius 2 is 2.24 bits per heavy atom. The molecule has 1 amide bonds. The van der Waals surface area contributed by atoms with Crippen LogP contribution in [-0.2, 0) is 0 Å². The second-order valence-corrected chi connectivity index (χ2v) is 4.74. The van der Waals surface area contributed by atoms with Gasteiger partial charge in [0.15, 0.2) is 0 Å². The summed E-state index contributed by atoms with van der Waals surface area (Å²) in [6, 6.07) is 5.87. The molecule has 0 saturated heterocycles. The van der Waals surface area contributed by atoms with Gasteiger partial charge in [-0.15, -0.1) is 0 Å². The van der Waals surface area contributed by atoms with Crippen molar-refractivity contribution in [2.75, 3.05) is 6.54 Å². The molecule has 5 heteroatoms. The minimum atomic E-state index is -0.682. The van der Waals surface area contributed by atoms with Crippen LogP contribution < -0.4 is 5.32 Å². The van der Waals surface area contributed by atoms with E-state index in [1.807, 2.05) is 6.07 Å². The van der Waals surface area contributed by atoms with Gasteiger partial charge in [-0.3, -0.25) is 4.79 Å². The highest BCUT2D eigenvalue weighted by Gasteiger charge is 2.19. The first kappa shape index (κ1) is 13.5. The molecule has 90 valence electrons. The Balaban J connectivity index is 2.75. The highest BCUT2D eigenvalue weighted by Crippen LogP contribution is 2.15. The van der Waals surface area contributed by atoms with Gasteiger partial charge in [-0.1, -0.05) is 11.6 Å². The topological polar surface area (TPSA) is 52.9 Å². The van der Waals surface area contributed by atoms with E-state index in [0.717, 1.165) is 6.07 Å². The van der Waals surface area contributed by atoms with Crippen molar-refractivity contribution in [3.8, 4) is 6.07 Å². The molecule has 17 heavy (non-hydrogen) atoms. The first-order valence-electron chi connectivity index (χ1n) is 5.00. The Bertz CT molecular complexity index is 480. The van der Waals surface area contributed by atoms with E-state index < -0.39 is 17.1 Å². The van der Waals surface area contributed by atoms with Crippen molar-refractivity contribution in [2.45, 2.75) is 13.8 Å². The quantitative estimate of drug-likeness (QED) is 0.902. The third kappa shape index (κ3) is 3.72. The number of halogens is 2. The van der Waals surface area contributed by atoms with Gasteiger partial charge in [-0.2, -0.15) is 5.26 Å². The van der Waals surface area contributed by atoms with Crippen LogP contribution >= 0.6 is 11.6 Å². The minimum Gasteiger partial charge on any atom is -0.350 e. The number of hydrogen-bond donors (Lipinski definition) is 1. The SMILES string of the molecule is CC(C)(C#N)CNC(=O)c1ccc(Cl)cc1F. The molecule has 0 fully saturated rings. The van der Waals surface area contributed by atoms with Gasteiger partial charge in [0.25, 0.3) is 5.91 Å². The van der Waals surface area contributed by atoms with Crippen LogP contribution in [0.5, 0.6) is 0 Å². The molecule has 1 rings (SSSR count). The summed E-state index contributed by atoms with van der Waals surface area (Å²) in [5, 5.41) is 11.5. The number of nitriles is 1. The molecular formula is C12H12ClFN2O. The molecule has 0 saturated carbocycles. The lowest BCUT2D eigenvalue weighted by Crippen LogP contribution is -2.33. The Morgan fingerprint density at radius 1 is 1.59 bits per heavy atom. The number of carbonyl (C=O) groups excluding carboxylic acids is 1. The molecule has 0 spiro atoms. The molecule has 0 aromatic heterocycles. The maximum Gasteiger partial charge on any atom is 0.254 e. The van der Waals surface area contributed by atoms with Gasteiger partial charge in [-0.25, -0.2) is 4.39 Å². The summed E-state index contributed by atoms with van der Waals surface area (Å²) < 4.78 is 13.4. The van der Waals surface area contributed by atoms with Crippen molar-refractivity contribution in [1.29, 1.82) is 5.26 Å². The van der Waals surface area contributed by atoms with Gasteiger partial charge in [0.05, 0.1) is 17.0 Å². The molecule has 3 nitrogen and oxygen atoms in total. The number of carbonyl (C=O) groups is 1. The number of nitrogens with zero attached hydrogens (tertiary/aromatic N) is 1. The molecule has 0 aliphatic heterocycles. The van der Waals surface area contributed by atoms with E-state index in [-0.39, 0.29) is 17.1 Å². The highest BCUT2D eigenvalue weighted by atomic mass is 35.5. The van der Waals surface area contributed by atoms with Crippen LogP contribution in [0.1, 0.15) is 24.2 Å². The molecule has 0 unspecified atom stereocenters. The molecule has 1 aromatic carbocycles. The predicted molar refractivity (Wildman–Crippen MR) is 63.1 cm³/mol. The third-order valence-electron chi connectivity index (χ3n) is 2.17. The number of benzene rings is 1. The molecule has 0 atom stereocenters. The lowest BCUT2D eigenvalue weighted by Gasteiger charge is -2.15. The fourth-order valence-corrected chi connectivity index (χ4v) is 1.27. The minimum absolute atomic E-state index is 0.0804. The Morgan fingerprint density at radius 3 is 2.76 bits per heavy atom. The Kier molecular flexibility index (Phi) is 4.08. The van der Waals surface area contributed by atoms with Crippen molar-refractivity contribution >= 4 is 17.5 Å². The molecule has 1 aromatic rings. The second-order valence-electron chi connectivity index (χ2n) is 4.30. The van der Waals surface area contributed by atoms with Crippen molar-refractivity contribution in [3.05, 3.63) is 34.6 Å². The van der Waals surface area contributed by atoms with Crippen LogP contribution in [0.25, 0.3) is 0 Å². The number of rotatable bonds is 3. The van der Waals surface area contributed by atoms with E-state index in [1.54, 1.807) is 13.8 Å². The van der Waals surface area contributed by atoms with Crippen molar-refractivity contribution in [1.82, 2.24) is 5.32 Å². The van der Waals surface area contributed by atoms with Gasteiger partial charge in [0, 0.05) is 11.6 Å². The average molecular weight is 255 g/mol. The normalized spacial score (nSPS) is 10.8. The molecule has 0 radical (unpaired) electrons. The molecule has 0 aliphatic rings. The van der Waals surface area contributed by atoms with E-state index in [0.29, 0.717) is 0 Å². The van der Waals surface area contributed by atoms with E-state index in [1.165, 1.54) is 12.1 Å². The number of amides is 1. The van der Waals surface area contributed by atoms with Gasteiger partial charge in [0.1, 0.15) is 5.82 Å². The molecule has 0 bridgehead atoms. The zero-order chi connectivity index (χ0) is 13.1. The zero-order valence-corrected chi connectivity index (χ0v) is 10.3. The second kappa shape index (κ2) is 5.15. The maximum atomic E-state index is 13.4. The smallest absolute Gasteiger partial charge is 0.254 e. The first-order valence-corrected chi connectivity index (χ1v) is 5.38. The van der Waals surface area contributed by atoms with E-state index in [2.05, 4.69) is 5.32 Å². The lowest BCUT2D eigenvalue weighted by atomic mass is 9.96. The van der Waals surface area contributed by atoms with Crippen LogP contribution in [0.4, 0.5) is 4.39 Å². The largest absolute Gasteiger partial charge is 0.350 e. The number of hydrogen-bond acceptors (Lipinski definition) is 2. The Labute approximate surface area is 104 Å². The third-order valence-corrected chi connectivity index (χ3v) is 2.40. The summed E-state index contributed by atoms with van der Waals surface area (Å²) in [6.45, 7) is 3.53. The first-order chi connectivity index (χ1) is 7.85. The van der Waals surface area contributed by atoms with Crippen LogP contribution in [0.3, 0.4) is 0 Å². The lowest BCUT2D eigenvalue weighted by molar-refractivity contribution is 0.0939. The molecule has 1 N–H and O–H groups in total. The Hall–Kier alpha value is -1.60. The number of nitrogens with one attached hydrogen (secondary N) is 1. The van der Waals surface area contributed by atoms with E-state index in [4.69, 9.17) is 16.9 Å². The van der Waals surface area contributed by atoms with Crippen molar-refractivity contribution < 1.29 is 9.18 Å². The average Bonchev–Trinajstić information content (AvgIpc) is 2.26. The summed E-state index contributed by atoms with van der Waals surface area (Å²) in [5.41, 5.74) is -0.762. The fourth-order valence-electron chi connectivity index (χ4n) is 1.11. The van der Waals surface area contributed by atoms with Crippen molar-refractivity contribution in [3.63, 3.8) is 0 Å². The predicted octanol–water partition coefficient (Wildman–Crippen LogP) is 2.76. The highest BCUT2D eigenvalue weighted by molar-refractivity contribution is 6.30. The monoisotopic (exact) mass is 254 g/mol. The summed E-state index contributed by atoms with van der Waals surface area (Å²) in [4.78, 5) is 11.6. The maximum absolute atomic E-state index is 13.4. The van der Waals surface area contributed by atoms with Gasteiger partial charge in [0.2, 0.25) is 0 Å². The molecular weight excluding hydrogens is 243 g/mol. The summed E-state index contributed by atoms with van der Waals surface area (Å²) in [7, 11) is 0. The summed E-state index contributed by atoms with van der Waals surface area (Å²) >= 11 is 5.58. The van der Waals surface area contributed by atoms with Crippen LogP contribution in [0.2, 0.25) is 5.02 Å². The van der Waals surface area contributed by atoms with Crippen molar-refractivity contribution in [2.24, 2.45) is 5.41 Å². The summed E-state index contributed by atoms with van der Waals surface area (Å²) in [5.74, 6) is -1.23. The van der Waals surface area contributed by atoms with Crippen LogP contribution in [0, 0.1) is 22.6 Å². The molecule has 0 aliphatic carbocycles. The van der Waals surface area contributed by atoms with Gasteiger partial charge >= 0.3 is 0 Å². The molecule has 0 heterocycles. The fraction of sp³-hybridized carbons (Fsp3) is 0.333. The standard InChI is InChI=1S/C12H12ClFN2O/c1-12(2,6-15)7-16-11(17)9-4-3-8(13)5-10(9)14/h3-5H,7H2,1-2H3,(H,16,17).